The van der Waals surface area contributed by atoms with Gasteiger partial charge in [-0.25, -0.2) is 0 Å². The van der Waals surface area contributed by atoms with Crippen LogP contribution in [-0.4, -0.2) is 10.9 Å². The molecule has 110 valence electrons. The van der Waals surface area contributed by atoms with E-state index in [-0.39, 0.29) is 11.5 Å². The highest BCUT2D eigenvalue weighted by Crippen LogP contribution is 2.28. The Hall–Kier alpha value is -3.08. The third-order valence-corrected chi connectivity index (χ3v) is 3.12. The molecule has 3 aromatic rings. The molecule has 0 fully saturated rings. The van der Waals surface area contributed by atoms with Gasteiger partial charge in [0, 0.05) is 24.1 Å². The zero-order valence-corrected chi connectivity index (χ0v) is 11.9. The van der Waals surface area contributed by atoms with Crippen molar-refractivity contribution in [2.75, 3.05) is 5.32 Å². The van der Waals surface area contributed by atoms with Crippen LogP contribution in [0.4, 0.5) is 5.69 Å². The Morgan fingerprint density at radius 1 is 1.09 bits per heavy atom. The molecule has 5 nitrogen and oxygen atoms in total. The van der Waals surface area contributed by atoms with Gasteiger partial charge < -0.3 is 15.0 Å². The molecule has 0 atom stereocenters. The molecule has 0 aliphatic carbocycles. The minimum Gasteiger partial charge on any atom is -0.456 e. The lowest BCUT2D eigenvalue weighted by Crippen LogP contribution is -2.05. The maximum Gasteiger partial charge on any atom is 0.252 e. The van der Waals surface area contributed by atoms with E-state index in [1.165, 1.54) is 13.0 Å². The van der Waals surface area contributed by atoms with Crippen molar-refractivity contribution < 1.29 is 9.53 Å². The summed E-state index contributed by atoms with van der Waals surface area (Å²) in [5.74, 6) is 0.950. The minimum atomic E-state index is -0.219. The molecule has 0 saturated carbocycles. The first-order valence-corrected chi connectivity index (χ1v) is 6.79. The summed E-state index contributed by atoms with van der Waals surface area (Å²) in [5, 5.41) is 3.51. The van der Waals surface area contributed by atoms with Crippen LogP contribution in [-0.2, 0) is 4.79 Å². The highest BCUT2D eigenvalue weighted by molar-refractivity contribution is 5.88. The lowest BCUT2D eigenvalue weighted by atomic mass is 10.2. The van der Waals surface area contributed by atoms with Gasteiger partial charge >= 0.3 is 0 Å². The molecule has 1 aromatic heterocycles. The molecule has 0 spiro atoms. The Morgan fingerprint density at radius 3 is 2.55 bits per heavy atom. The van der Waals surface area contributed by atoms with Gasteiger partial charge in [-0.05, 0) is 36.4 Å². The van der Waals surface area contributed by atoms with Crippen LogP contribution in [0.2, 0.25) is 0 Å². The van der Waals surface area contributed by atoms with Crippen molar-refractivity contribution in [2.45, 2.75) is 6.92 Å². The standard InChI is InChI=1S/C17H14N2O3/c1-11(20)18-12-6-8-13(9-7-12)22-16-10-17(21)19-15-5-3-2-4-14(15)16/h2-10H,1H3,(H,18,20)(H,19,21). The zero-order valence-electron chi connectivity index (χ0n) is 11.9. The molecule has 2 N–H and O–H groups in total. The number of aromatic nitrogens is 1. The average Bonchev–Trinajstić information content (AvgIpc) is 2.48. The number of carbonyl (C=O) groups is 1. The van der Waals surface area contributed by atoms with Crippen molar-refractivity contribution in [3.63, 3.8) is 0 Å². The quantitative estimate of drug-likeness (QED) is 0.778. The van der Waals surface area contributed by atoms with E-state index >= 15 is 0 Å². The smallest absolute Gasteiger partial charge is 0.252 e. The average molecular weight is 294 g/mol. The number of pyridine rings is 1. The second kappa shape index (κ2) is 5.73. The van der Waals surface area contributed by atoms with E-state index in [0.29, 0.717) is 17.2 Å². The second-order valence-corrected chi connectivity index (χ2v) is 4.85. The molecule has 5 heteroatoms. The SMILES string of the molecule is CC(=O)Nc1ccc(Oc2cc(=O)[nH]c3ccccc23)cc1. The molecule has 0 radical (unpaired) electrons. The summed E-state index contributed by atoms with van der Waals surface area (Å²) in [7, 11) is 0. The van der Waals surface area contributed by atoms with Gasteiger partial charge in [0.25, 0.3) is 5.56 Å². The summed E-state index contributed by atoms with van der Waals surface area (Å²) in [6, 6.07) is 15.8. The summed E-state index contributed by atoms with van der Waals surface area (Å²) in [4.78, 5) is 25.4. The predicted octanol–water partition coefficient (Wildman–Crippen LogP) is 3.28. The molecule has 3 rings (SSSR count). The molecule has 0 aliphatic rings. The van der Waals surface area contributed by atoms with Gasteiger partial charge in [0.1, 0.15) is 11.5 Å². The van der Waals surface area contributed by atoms with Crippen molar-refractivity contribution in [3.05, 3.63) is 65.0 Å². The van der Waals surface area contributed by atoms with E-state index in [4.69, 9.17) is 4.74 Å². The summed E-state index contributed by atoms with van der Waals surface area (Å²) in [6.45, 7) is 1.45. The molecule has 22 heavy (non-hydrogen) atoms. The zero-order chi connectivity index (χ0) is 15.5. The fraction of sp³-hybridized carbons (Fsp3) is 0.0588. The number of para-hydroxylation sites is 1. The Labute approximate surface area is 126 Å². The highest BCUT2D eigenvalue weighted by Gasteiger charge is 2.05. The van der Waals surface area contributed by atoms with Gasteiger partial charge in [0.15, 0.2) is 0 Å². The van der Waals surface area contributed by atoms with Crippen molar-refractivity contribution in [1.82, 2.24) is 4.98 Å². The Kier molecular flexibility index (Phi) is 3.62. The Balaban J connectivity index is 1.93. The maximum absolute atomic E-state index is 11.7. The number of carbonyl (C=O) groups excluding carboxylic acids is 1. The van der Waals surface area contributed by atoms with Gasteiger partial charge in [-0.3, -0.25) is 9.59 Å². The fourth-order valence-corrected chi connectivity index (χ4v) is 2.19. The normalized spacial score (nSPS) is 10.4. The van der Waals surface area contributed by atoms with E-state index in [0.717, 1.165) is 10.9 Å². The monoisotopic (exact) mass is 294 g/mol. The summed E-state index contributed by atoms with van der Waals surface area (Å²) in [5.41, 5.74) is 1.19. The highest BCUT2D eigenvalue weighted by atomic mass is 16.5. The van der Waals surface area contributed by atoms with Gasteiger partial charge in [-0.15, -0.1) is 0 Å². The van der Waals surface area contributed by atoms with Gasteiger partial charge in [-0.1, -0.05) is 12.1 Å². The van der Waals surface area contributed by atoms with Crippen molar-refractivity contribution in [3.8, 4) is 11.5 Å². The van der Waals surface area contributed by atoms with Crippen molar-refractivity contribution >= 4 is 22.5 Å². The first-order valence-electron chi connectivity index (χ1n) is 6.79. The number of fused-ring (bicyclic) bond motifs is 1. The van der Waals surface area contributed by atoms with Gasteiger partial charge in [0.2, 0.25) is 5.91 Å². The number of anilines is 1. The molecular formula is C17H14N2O3. The number of amides is 1. The number of hydrogen-bond acceptors (Lipinski definition) is 3. The van der Waals surface area contributed by atoms with Crippen LogP contribution in [0, 0.1) is 0 Å². The van der Waals surface area contributed by atoms with E-state index in [1.54, 1.807) is 24.3 Å². The lowest BCUT2D eigenvalue weighted by molar-refractivity contribution is -0.114. The Morgan fingerprint density at radius 2 is 1.82 bits per heavy atom. The van der Waals surface area contributed by atoms with Crippen LogP contribution < -0.4 is 15.6 Å². The van der Waals surface area contributed by atoms with Crippen molar-refractivity contribution in [2.24, 2.45) is 0 Å². The van der Waals surface area contributed by atoms with Crippen LogP contribution >= 0.6 is 0 Å². The number of hydrogen-bond donors (Lipinski definition) is 2. The largest absolute Gasteiger partial charge is 0.456 e. The molecule has 0 bridgehead atoms. The van der Waals surface area contributed by atoms with Crippen LogP contribution in [0.15, 0.2) is 59.4 Å². The first kappa shape index (κ1) is 13.9. The number of H-pyrrole nitrogens is 1. The topological polar surface area (TPSA) is 71.2 Å². The summed E-state index contributed by atoms with van der Waals surface area (Å²) < 4.78 is 5.80. The Bertz CT molecular complexity index is 882. The number of ether oxygens (including phenoxy) is 1. The predicted molar refractivity (Wildman–Crippen MR) is 85.4 cm³/mol. The molecule has 2 aromatic carbocycles. The molecule has 0 unspecified atom stereocenters. The van der Waals surface area contributed by atoms with Crippen LogP contribution in [0.5, 0.6) is 11.5 Å². The number of nitrogens with one attached hydrogen (secondary N) is 2. The lowest BCUT2D eigenvalue weighted by Gasteiger charge is -2.09. The van der Waals surface area contributed by atoms with Gasteiger partial charge in [-0.2, -0.15) is 0 Å². The molecule has 1 heterocycles. The van der Waals surface area contributed by atoms with E-state index in [9.17, 15) is 9.59 Å². The fourth-order valence-electron chi connectivity index (χ4n) is 2.19. The molecule has 0 aliphatic heterocycles. The molecule has 1 amide bonds. The number of rotatable bonds is 3. The van der Waals surface area contributed by atoms with E-state index in [2.05, 4.69) is 10.3 Å². The van der Waals surface area contributed by atoms with Crippen LogP contribution in [0.3, 0.4) is 0 Å². The molecule has 0 saturated heterocycles. The second-order valence-electron chi connectivity index (χ2n) is 4.85. The number of benzene rings is 2. The minimum absolute atomic E-state index is 0.130. The van der Waals surface area contributed by atoms with Crippen LogP contribution in [0.1, 0.15) is 6.92 Å². The van der Waals surface area contributed by atoms with E-state index < -0.39 is 0 Å². The van der Waals surface area contributed by atoms with Gasteiger partial charge in [0.05, 0.1) is 5.52 Å². The summed E-state index contributed by atoms with van der Waals surface area (Å²) in [6.07, 6.45) is 0. The number of aromatic amines is 1. The van der Waals surface area contributed by atoms with Crippen LogP contribution in [0.25, 0.3) is 10.9 Å². The third-order valence-electron chi connectivity index (χ3n) is 3.12. The van der Waals surface area contributed by atoms with E-state index in [1.807, 2.05) is 24.3 Å². The molecular weight excluding hydrogens is 280 g/mol. The third kappa shape index (κ3) is 2.98. The maximum atomic E-state index is 11.7. The summed E-state index contributed by atoms with van der Waals surface area (Å²) >= 11 is 0. The first-order chi connectivity index (χ1) is 10.6. The van der Waals surface area contributed by atoms with Crippen molar-refractivity contribution in [1.29, 1.82) is 0 Å².